The first-order chi connectivity index (χ1) is 7.68. The lowest BCUT2D eigenvalue weighted by molar-refractivity contribution is -0.140. The lowest BCUT2D eigenvalue weighted by Gasteiger charge is -2.00. The van der Waals surface area contributed by atoms with E-state index in [1.54, 1.807) is 0 Å². The summed E-state index contributed by atoms with van der Waals surface area (Å²) in [4.78, 5) is 1.91. The largest absolute Gasteiger partial charge is 0.431 e. The summed E-state index contributed by atoms with van der Waals surface area (Å²) in [5.41, 5.74) is -0.738. The maximum Gasteiger partial charge on any atom is 0.431 e. The van der Waals surface area contributed by atoms with Gasteiger partial charge >= 0.3 is 6.18 Å². The SMILES string of the molecule is O=S(=O)(Cl)c1ccc2[nH]c(C(F)(F)F)cc2c1. The number of hydrogen-bond donors (Lipinski definition) is 1. The molecule has 0 radical (unpaired) electrons. The second kappa shape index (κ2) is 3.64. The summed E-state index contributed by atoms with van der Waals surface area (Å²) in [7, 11) is 1.15. The first-order valence-corrected chi connectivity index (χ1v) is 6.63. The van der Waals surface area contributed by atoms with Gasteiger partial charge in [-0.1, -0.05) is 0 Å². The lowest BCUT2D eigenvalue weighted by Crippen LogP contribution is -2.04. The van der Waals surface area contributed by atoms with E-state index >= 15 is 0 Å². The van der Waals surface area contributed by atoms with Gasteiger partial charge in [0.2, 0.25) is 0 Å². The molecule has 92 valence electrons. The van der Waals surface area contributed by atoms with Crippen LogP contribution in [0.2, 0.25) is 0 Å². The van der Waals surface area contributed by atoms with E-state index in [0.717, 1.165) is 18.2 Å². The van der Waals surface area contributed by atoms with Crippen molar-refractivity contribution in [1.82, 2.24) is 4.98 Å². The molecular weight excluding hydrogens is 279 g/mol. The molecule has 1 heterocycles. The Hall–Kier alpha value is -1.21. The molecule has 1 N–H and O–H groups in total. The number of halogens is 4. The third-order valence-electron chi connectivity index (χ3n) is 2.18. The van der Waals surface area contributed by atoms with Gasteiger partial charge in [-0.15, -0.1) is 0 Å². The lowest BCUT2D eigenvalue weighted by atomic mass is 10.2. The second-order valence-corrected chi connectivity index (χ2v) is 5.93. The molecule has 0 amide bonds. The molecule has 0 unspecified atom stereocenters. The first kappa shape index (κ1) is 12.3. The predicted molar refractivity (Wildman–Crippen MR) is 56.3 cm³/mol. The maximum absolute atomic E-state index is 12.4. The summed E-state index contributed by atoms with van der Waals surface area (Å²) < 4.78 is 59.2. The Morgan fingerprint density at radius 2 is 1.82 bits per heavy atom. The molecule has 0 spiro atoms. The molecule has 0 saturated carbocycles. The Morgan fingerprint density at radius 1 is 1.18 bits per heavy atom. The average molecular weight is 284 g/mol. The van der Waals surface area contributed by atoms with Gasteiger partial charge in [0.15, 0.2) is 0 Å². The zero-order valence-corrected chi connectivity index (χ0v) is 9.62. The van der Waals surface area contributed by atoms with Gasteiger partial charge in [-0.25, -0.2) is 8.42 Å². The highest BCUT2D eigenvalue weighted by Crippen LogP contribution is 2.32. The standard InChI is InChI=1S/C9H5ClF3NO2S/c10-17(15,16)6-1-2-7-5(3-6)4-8(14-7)9(11,12)13/h1-4,14H. The highest BCUT2D eigenvalue weighted by Gasteiger charge is 2.32. The molecule has 0 aliphatic rings. The van der Waals surface area contributed by atoms with Gasteiger partial charge in [-0.3, -0.25) is 0 Å². The number of aromatic amines is 1. The zero-order valence-electron chi connectivity index (χ0n) is 8.05. The third-order valence-corrected chi connectivity index (χ3v) is 3.53. The van der Waals surface area contributed by atoms with Crippen molar-refractivity contribution >= 4 is 30.6 Å². The second-order valence-electron chi connectivity index (χ2n) is 3.37. The molecule has 0 saturated heterocycles. The number of fused-ring (bicyclic) bond motifs is 1. The van der Waals surface area contributed by atoms with Gasteiger partial charge in [-0.05, 0) is 24.3 Å². The van der Waals surface area contributed by atoms with Crippen LogP contribution >= 0.6 is 10.7 Å². The Bertz CT molecular complexity index is 675. The number of H-pyrrole nitrogens is 1. The van der Waals surface area contributed by atoms with E-state index in [1.807, 2.05) is 0 Å². The minimum atomic E-state index is -4.50. The van der Waals surface area contributed by atoms with Crippen LogP contribution in [0.25, 0.3) is 10.9 Å². The molecule has 1 aromatic carbocycles. The van der Waals surface area contributed by atoms with Crippen molar-refractivity contribution in [2.24, 2.45) is 0 Å². The maximum atomic E-state index is 12.4. The van der Waals surface area contributed by atoms with Crippen LogP contribution in [-0.4, -0.2) is 13.4 Å². The van der Waals surface area contributed by atoms with Crippen LogP contribution in [-0.2, 0) is 15.2 Å². The van der Waals surface area contributed by atoms with Gasteiger partial charge in [0.1, 0.15) is 5.69 Å². The van der Waals surface area contributed by atoms with Crippen molar-refractivity contribution in [3.63, 3.8) is 0 Å². The monoisotopic (exact) mass is 283 g/mol. The molecule has 2 rings (SSSR count). The Balaban J connectivity index is 2.64. The van der Waals surface area contributed by atoms with Crippen molar-refractivity contribution in [2.75, 3.05) is 0 Å². The van der Waals surface area contributed by atoms with E-state index in [1.165, 1.54) is 6.07 Å². The highest BCUT2D eigenvalue weighted by atomic mass is 35.7. The molecule has 8 heteroatoms. The molecule has 0 fully saturated rings. The fourth-order valence-corrected chi connectivity index (χ4v) is 2.20. The van der Waals surface area contributed by atoms with Crippen LogP contribution in [0.3, 0.4) is 0 Å². The van der Waals surface area contributed by atoms with Crippen LogP contribution < -0.4 is 0 Å². The Morgan fingerprint density at radius 3 is 2.35 bits per heavy atom. The minimum Gasteiger partial charge on any atom is -0.351 e. The topological polar surface area (TPSA) is 49.9 Å². The summed E-state index contributed by atoms with van der Waals surface area (Å²) in [6, 6.07) is 4.30. The Kier molecular flexibility index (Phi) is 2.62. The van der Waals surface area contributed by atoms with Crippen molar-refractivity contribution in [1.29, 1.82) is 0 Å². The van der Waals surface area contributed by atoms with Crippen LogP contribution in [0.15, 0.2) is 29.2 Å². The summed E-state index contributed by atoms with van der Waals surface area (Å²) in [6.45, 7) is 0. The van der Waals surface area contributed by atoms with Gasteiger partial charge < -0.3 is 4.98 Å². The molecule has 17 heavy (non-hydrogen) atoms. The number of alkyl halides is 3. The molecule has 0 atom stereocenters. The minimum absolute atomic E-state index is 0.138. The van der Waals surface area contributed by atoms with E-state index < -0.39 is 20.9 Å². The molecule has 0 aliphatic carbocycles. The molecule has 3 nitrogen and oxygen atoms in total. The van der Waals surface area contributed by atoms with Crippen molar-refractivity contribution < 1.29 is 21.6 Å². The van der Waals surface area contributed by atoms with Crippen LogP contribution in [0.1, 0.15) is 5.69 Å². The number of hydrogen-bond acceptors (Lipinski definition) is 2. The predicted octanol–water partition coefficient (Wildman–Crippen LogP) is 3.11. The molecular formula is C9H5ClF3NO2S. The van der Waals surface area contributed by atoms with Crippen LogP contribution in [0.4, 0.5) is 13.2 Å². The fourth-order valence-electron chi connectivity index (χ4n) is 1.42. The highest BCUT2D eigenvalue weighted by molar-refractivity contribution is 8.13. The van der Waals surface area contributed by atoms with E-state index in [0.29, 0.717) is 0 Å². The van der Waals surface area contributed by atoms with Gasteiger partial charge in [0, 0.05) is 21.6 Å². The van der Waals surface area contributed by atoms with E-state index in [-0.39, 0.29) is 15.8 Å². The van der Waals surface area contributed by atoms with Crippen molar-refractivity contribution in [2.45, 2.75) is 11.1 Å². The number of rotatable bonds is 1. The fraction of sp³-hybridized carbons (Fsp3) is 0.111. The smallest absolute Gasteiger partial charge is 0.351 e. The molecule has 0 bridgehead atoms. The number of nitrogens with one attached hydrogen (secondary N) is 1. The molecule has 2 aromatic rings. The Labute approximate surface area is 98.6 Å². The summed E-state index contributed by atoms with van der Waals surface area (Å²) in [5, 5.41) is 0.138. The summed E-state index contributed by atoms with van der Waals surface area (Å²) in [5.74, 6) is 0. The third kappa shape index (κ3) is 2.39. The van der Waals surface area contributed by atoms with Crippen molar-refractivity contribution in [3.8, 4) is 0 Å². The number of benzene rings is 1. The summed E-state index contributed by atoms with van der Waals surface area (Å²) in [6.07, 6.45) is -4.50. The average Bonchev–Trinajstić information content (AvgIpc) is 2.57. The molecule has 1 aromatic heterocycles. The first-order valence-electron chi connectivity index (χ1n) is 4.32. The van der Waals surface area contributed by atoms with Gasteiger partial charge in [0.05, 0.1) is 4.90 Å². The quantitative estimate of drug-likeness (QED) is 0.818. The normalized spacial score (nSPS) is 13.2. The van der Waals surface area contributed by atoms with E-state index in [4.69, 9.17) is 10.7 Å². The number of aromatic nitrogens is 1. The van der Waals surface area contributed by atoms with E-state index in [9.17, 15) is 21.6 Å². The molecule has 0 aliphatic heterocycles. The van der Waals surface area contributed by atoms with Crippen LogP contribution in [0.5, 0.6) is 0 Å². The van der Waals surface area contributed by atoms with E-state index in [2.05, 4.69) is 4.98 Å². The van der Waals surface area contributed by atoms with Gasteiger partial charge in [-0.2, -0.15) is 13.2 Å². The van der Waals surface area contributed by atoms with Crippen molar-refractivity contribution in [3.05, 3.63) is 30.0 Å². The summed E-state index contributed by atoms with van der Waals surface area (Å²) >= 11 is 0. The van der Waals surface area contributed by atoms with Gasteiger partial charge in [0.25, 0.3) is 9.05 Å². The zero-order chi connectivity index (χ0) is 12.8. The van der Waals surface area contributed by atoms with Crippen LogP contribution in [0, 0.1) is 0 Å².